The molecule has 0 radical (unpaired) electrons. The summed E-state index contributed by atoms with van der Waals surface area (Å²) in [6.45, 7) is 6.62. The van der Waals surface area contributed by atoms with Crippen molar-refractivity contribution >= 4 is 87.6 Å². The molecule has 5 heterocycles. The number of methoxy groups -OCH3 is 2. The molecule has 1 unspecified atom stereocenters. The zero-order valence-electron chi connectivity index (χ0n) is 61.1. The molecule has 3 saturated heterocycles. The van der Waals surface area contributed by atoms with Gasteiger partial charge < -0.3 is 103 Å². The van der Waals surface area contributed by atoms with Gasteiger partial charge in [-0.15, -0.1) is 0 Å². The van der Waals surface area contributed by atoms with Gasteiger partial charge in [-0.05, 0) is 93.6 Å². The number of aromatic nitrogens is 1. The van der Waals surface area contributed by atoms with Gasteiger partial charge in [0.25, 0.3) is 0 Å². The standard InChI is InChI=1S/C72H96ClN9O25/c1-39-14-13-17-53(99-10)72(97)36-52(104-69(95)78-72)40(2)64-71(4,107-64)54(35-57(85)81(8)49-32-43(30-39)33-51(98-9)59(49)73)105-67(94)41(3)80(7)70(96)102-38-42-18-20-50(103-68-62(90)60(88)61(89)63(106-68)66(92)93)47(31-42)77-56(84)23-26-100-28-29-101-27-24-75-65(91)46(19-21-58(86)87)76-55(83)22-25-82-45(37-79(6)74-5)34-44-15-11-12-16-48(44)82/h11-18,20,31-34,40-41,46,52-54,60-64,68,74,88-90,97H,19,21-30,35-38H2,1-10H3,(H,75,91)(H,76,83)(H,77,84)(H,78,95)(H,86,87)(H,92,93)/b17-13+,39-14+/t40-,41+,46-,52+,53-,54+,60+,61+,62-,63+,64+,68?,71-,72+/m1/s1. The molecule has 4 aromatic rings. The Morgan fingerprint density at radius 3 is 2.33 bits per heavy atom. The first-order valence-corrected chi connectivity index (χ1v) is 35.1. The Morgan fingerprint density at radius 1 is 0.897 bits per heavy atom. The van der Waals surface area contributed by atoms with Crippen molar-refractivity contribution < 1.29 is 121 Å². The Bertz CT molecular complexity index is 3910. The summed E-state index contributed by atoms with van der Waals surface area (Å²) < 4.78 is 59.5. The molecule has 11 N–H and O–H groups in total. The molecule has 4 aliphatic heterocycles. The summed E-state index contributed by atoms with van der Waals surface area (Å²) in [5.74, 6) is -6.85. The zero-order chi connectivity index (χ0) is 78.2. The molecule has 0 spiro atoms. The Kier molecular flexibility index (Phi) is 29.4. The van der Waals surface area contributed by atoms with Crippen LogP contribution < -0.4 is 41.1 Å². The van der Waals surface area contributed by atoms with Crippen molar-refractivity contribution in [1.29, 1.82) is 0 Å². The number of carboxylic acids is 2. The number of carboxylic acid groups (broad SMARTS) is 2. The highest BCUT2D eigenvalue weighted by molar-refractivity contribution is 6.35. The van der Waals surface area contributed by atoms with Gasteiger partial charge in [0, 0.05) is 77.7 Å². The van der Waals surface area contributed by atoms with Crippen molar-refractivity contribution in [3.05, 3.63) is 106 Å². The van der Waals surface area contributed by atoms with E-state index in [9.17, 15) is 73.8 Å². The molecule has 34 nitrogen and oxygen atoms in total. The summed E-state index contributed by atoms with van der Waals surface area (Å²) in [6, 6.07) is 14.6. The number of para-hydroxylation sites is 1. The van der Waals surface area contributed by atoms with Crippen molar-refractivity contribution in [1.82, 2.24) is 35.9 Å². The molecule has 14 atom stereocenters. The Morgan fingerprint density at radius 2 is 1.63 bits per heavy atom. The van der Waals surface area contributed by atoms with Crippen LogP contribution in [0, 0.1) is 5.92 Å². The van der Waals surface area contributed by atoms with Crippen molar-refractivity contribution in [2.75, 3.05) is 85.6 Å². The number of fused-ring (bicyclic) bond motifs is 6. The number of alkyl carbamates (subject to hydrolysis) is 1. The molecule has 6 amide bonds. The summed E-state index contributed by atoms with van der Waals surface area (Å²) in [7, 11) is 9.22. The van der Waals surface area contributed by atoms with Crippen molar-refractivity contribution in [2.24, 2.45) is 5.92 Å². The van der Waals surface area contributed by atoms with Crippen molar-refractivity contribution in [3.8, 4) is 11.5 Å². The van der Waals surface area contributed by atoms with E-state index in [1.807, 2.05) is 53.9 Å². The molecule has 1 aromatic heterocycles. The number of hydrogen-bond donors (Lipinski definition) is 11. The molecule has 3 aromatic carbocycles. The largest absolute Gasteiger partial charge is 0.495 e. The van der Waals surface area contributed by atoms with Gasteiger partial charge in [-0.2, -0.15) is 0 Å². The minimum absolute atomic E-state index is 0.00275. The summed E-state index contributed by atoms with van der Waals surface area (Å²) in [5, 5.41) is 76.2. The van der Waals surface area contributed by atoms with E-state index < -0.39 is 151 Å². The van der Waals surface area contributed by atoms with Crippen LogP contribution in [-0.4, -0.2) is 253 Å². The number of esters is 1. The van der Waals surface area contributed by atoms with Gasteiger partial charge in [0.05, 0.1) is 70.4 Å². The third kappa shape index (κ3) is 21.6. The Balaban J connectivity index is 0.878. The number of nitrogens with one attached hydrogen (secondary N) is 5. The second-order valence-electron chi connectivity index (χ2n) is 26.8. The molecule has 4 aliphatic rings. The normalized spacial score (nSPS) is 25.8. The van der Waals surface area contributed by atoms with Crippen LogP contribution in [0.15, 0.2) is 84.5 Å². The van der Waals surface area contributed by atoms with Gasteiger partial charge in [0.15, 0.2) is 11.8 Å². The fourth-order valence-electron chi connectivity index (χ4n) is 12.6. The van der Waals surface area contributed by atoms with Crippen LogP contribution in [-0.2, 0) is 97.6 Å². The van der Waals surface area contributed by atoms with E-state index in [4.69, 9.17) is 59.0 Å². The second-order valence-corrected chi connectivity index (χ2v) is 27.2. The number of aliphatic hydroxyl groups is 4. The zero-order valence-corrected chi connectivity index (χ0v) is 61.9. The maximum absolute atomic E-state index is 14.6. The molecule has 0 aliphatic carbocycles. The van der Waals surface area contributed by atoms with Gasteiger partial charge in [-0.3, -0.25) is 39.6 Å². The summed E-state index contributed by atoms with van der Waals surface area (Å²) >= 11 is 6.86. The van der Waals surface area contributed by atoms with Gasteiger partial charge >= 0.3 is 30.1 Å². The smallest absolute Gasteiger partial charge is 0.410 e. The highest BCUT2D eigenvalue weighted by Crippen LogP contribution is 2.49. The number of halogens is 1. The number of rotatable bonds is 31. The van der Waals surface area contributed by atoms with E-state index in [0.29, 0.717) is 25.1 Å². The summed E-state index contributed by atoms with van der Waals surface area (Å²) in [5.41, 5.74) is 3.41. The number of ether oxygens (including phenoxy) is 10. The number of aliphatic hydroxyl groups excluding tert-OH is 3. The maximum Gasteiger partial charge on any atom is 0.410 e. The number of aryl methyl sites for hydroxylation is 1. The van der Waals surface area contributed by atoms with Gasteiger partial charge in [0.2, 0.25) is 29.9 Å². The lowest BCUT2D eigenvalue weighted by Crippen LogP contribution is -2.63. The number of amides is 6. The highest BCUT2D eigenvalue weighted by Gasteiger charge is 2.65. The fourth-order valence-corrected chi connectivity index (χ4v) is 12.9. The van der Waals surface area contributed by atoms with Crippen LogP contribution in [0.3, 0.4) is 0 Å². The Labute approximate surface area is 622 Å². The third-order valence-electron chi connectivity index (χ3n) is 19.1. The SMILES string of the molecule is CNN(C)Cc1cc2ccccc2n1CCC(=O)N[C@H](CCC(=O)O)C(=O)NCCOCCOCCC(=O)Nc1cc(COC(=O)N(C)[C@@H](C)C(=O)O[C@H]2CC(=O)N(C)c3cc(cc(OC)c3Cl)C/C(C)=C/C=C/[C@@H](OC)[C@@]3(O)C[C@H](OC(=O)N3)[C@@H](C)[C@@H]3O[C@]23C)ccc1OC1O[C@H](C(=O)O)[C@@H](O)[C@H](O)[C@H]1O. The van der Waals surface area contributed by atoms with E-state index in [1.165, 1.54) is 58.3 Å². The first kappa shape index (κ1) is 83.6. The number of nitrogens with zero attached hydrogens (tertiary/aromatic N) is 4. The lowest BCUT2D eigenvalue weighted by Gasteiger charge is -2.42. The van der Waals surface area contributed by atoms with Crippen LogP contribution in [0.25, 0.3) is 10.9 Å². The van der Waals surface area contributed by atoms with Crippen LogP contribution >= 0.6 is 11.6 Å². The van der Waals surface area contributed by atoms with E-state index >= 15 is 0 Å². The molecule has 35 heteroatoms. The van der Waals surface area contributed by atoms with Gasteiger partial charge in [0.1, 0.15) is 77.4 Å². The predicted molar refractivity (Wildman–Crippen MR) is 381 cm³/mol. The first-order chi connectivity index (χ1) is 50.8. The minimum atomic E-state index is -2.06. The van der Waals surface area contributed by atoms with Crippen LogP contribution in [0.5, 0.6) is 11.5 Å². The molecule has 586 valence electrons. The molecule has 0 saturated carbocycles. The first-order valence-electron chi connectivity index (χ1n) is 34.7. The highest BCUT2D eigenvalue weighted by atomic mass is 35.5. The average Bonchev–Trinajstić information content (AvgIpc) is 1.57. The van der Waals surface area contributed by atoms with Crippen LogP contribution in [0.4, 0.5) is 21.0 Å². The number of benzene rings is 3. The quantitative estimate of drug-likeness (QED) is 0.0113. The maximum atomic E-state index is 14.6. The monoisotopic (exact) mass is 1520 g/mol. The van der Waals surface area contributed by atoms with Crippen LogP contribution in [0.2, 0.25) is 5.02 Å². The molecular formula is C72H96ClN9O25. The molecule has 107 heavy (non-hydrogen) atoms. The van der Waals surface area contributed by atoms with Gasteiger partial charge in [-0.1, -0.05) is 66.6 Å². The third-order valence-corrected chi connectivity index (χ3v) is 19.5. The topological polar surface area (TPSA) is 445 Å². The summed E-state index contributed by atoms with van der Waals surface area (Å²) in [6.07, 6.45) is -12.4. The van der Waals surface area contributed by atoms with E-state index in [2.05, 4.69) is 26.7 Å². The number of epoxide rings is 1. The summed E-state index contributed by atoms with van der Waals surface area (Å²) in [4.78, 5) is 122. The molecular weight excluding hydrogens is 1430 g/mol. The van der Waals surface area contributed by atoms with E-state index in [1.54, 1.807) is 51.3 Å². The van der Waals surface area contributed by atoms with E-state index in [-0.39, 0.29) is 98.5 Å². The predicted octanol–water partition coefficient (Wildman–Crippen LogP) is 3.03. The average molecular weight is 1520 g/mol. The fraction of sp³-hybridized carbons (Fsp3) is 0.542. The number of aliphatic carboxylic acids is 2. The van der Waals surface area contributed by atoms with E-state index in [0.717, 1.165) is 27.1 Å². The number of carbonyl (C=O) groups is 9. The number of hydrogen-bond acceptors (Lipinski definition) is 25. The number of likely N-dealkylation sites (N-methyl/N-ethyl adjacent to an activating group) is 1. The van der Waals surface area contributed by atoms with Crippen molar-refractivity contribution in [2.45, 2.75) is 171 Å². The van der Waals surface area contributed by atoms with Gasteiger partial charge in [-0.25, -0.2) is 24.2 Å². The number of anilines is 2. The second kappa shape index (κ2) is 37.7. The Hall–Kier alpha value is -9.04. The number of hydrazine groups is 1. The van der Waals surface area contributed by atoms with Crippen molar-refractivity contribution in [3.63, 3.8) is 0 Å². The molecule has 8 rings (SSSR count). The minimum Gasteiger partial charge on any atom is -0.495 e. The lowest BCUT2D eigenvalue weighted by atomic mass is 9.83. The number of allylic oxidation sites excluding steroid dienone is 3. The molecule has 4 bridgehead atoms. The number of carbonyl (C=O) groups excluding carboxylic acids is 7. The van der Waals surface area contributed by atoms with Crippen LogP contribution in [0.1, 0.15) is 83.0 Å². The molecule has 3 fully saturated rings. The lowest BCUT2D eigenvalue weighted by molar-refractivity contribution is -0.271.